The van der Waals surface area contributed by atoms with Crippen molar-refractivity contribution < 1.29 is 17.9 Å². The quantitative estimate of drug-likeness (QED) is 0.936. The minimum atomic E-state index is -3.68. The first-order valence-corrected chi connectivity index (χ1v) is 8.94. The van der Waals surface area contributed by atoms with Crippen LogP contribution in [0.5, 0.6) is 11.5 Å². The third-order valence-electron chi connectivity index (χ3n) is 3.66. The summed E-state index contributed by atoms with van der Waals surface area (Å²) >= 11 is 0. The van der Waals surface area contributed by atoms with E-state index in [0.29, 0.717) is 30.4 Å². The predicted octanol–water partition coefficient (Wildman–Crippen LogP) is 3.27. The van der Waals surface area contributed by atoms with E-state index in [-0.39, 0.29) is 4.90 Å². The van der Waals surface area contributed by atoms with E-state index < -0.39 is 10.0 Å². The number of rotatable bonds is 3. The van der Waals surface area contributed by atoms with Gasteiger partial charge in [0.15, 0.2) is 11.5 Å². The number of anilines is 1. The molecule has 6 heteroatoms. The van der Waals surface area contributed by atoms with E-state index in [1.807, 2.05) is 26.0 Å². The zero-order valence-electron chi connectivity index (χ0n) is 13.1. The molecule has 5 nitrogen and oxygen atoms in total. The SMILES string of the molecule is Cc1ccc(NS(=O)(=O)c2ccc3c(c2)OCCCO3)c(C)c1. The highest BCUT2D eigenvalue weighted by Crippen LogP contribution is 2.32. The maximum atomic E-state index is 12.6. The highest BCUT2D eigenvalue weighted by molar-refractivity contribution is 7.92. The minimum Gasteiger partial charge on any atom is -0.490 e. The molecule has 0 aliphatic carbocycles. The van der Waals surface area contributed by atoms with E-state index in [0.717, 1.165) is 17.5 Å². The molecule has 1 aliphatic heterocycles. The van der Waals surface area contributed by atoms with Crippen LogP contribution in [0.2, 0.25) is 0 Å². The van der Waals surface area contributed by atoms with Crippen molar-refractivity contribution in [2.45, 2.75) is 25.2 Å². The molecule has 2 aromatic rings. The fraction of sp³-hybridized carbons (Fsp3) is 0.294. The van der Waals surface area contributed by atoms with E-state index in [1.165, 1.54) is 12.1 Å². The molecule has 0 spiro atoms. The lowest BCUT2D eigenvalue weighted by atomic mass is 10.1. The number of fused-ring (bicyclic) bond motifs is 1. The molecule has 122 valence electrons. The van der Waals surface area contributed by atoms with Gasteiger partial charge in [-0.15, -0.1) is 0 Å². The van der Waals surface area contributed by atoms with Crippen molar-refractivity contribution in [2.75, 3.05) is 17.9 Å². The van der Waals surface area contributed by atoms with Crippen LogP contribution in [0.3, 0.4) is 0 Å². The van der Waals surface area contributed by atoms with Crippen LogP contribution in [0.15, 0.2) is 41.3 Å². The second kappa shape index (κ2) is 6.12. The third-order valence-corrected chi connectivity index (χ3v) is 5.02. The topological polar surface area (TPSA) is 64.6 Å². The Kier molecular flexibility index (Phi) is 4.17. The lowest BCUT2D eigenvalue weighted by molar-refractivity contribution is 0.297. The summed E-state index contributed by atoms with van der Waals surface area (Å²) in [4.78, 5) is 0.154. The third kappa shape index (κ3) is 3.42. The van der Waals surface area contributed by atoms with Gasteiger partial charge in [0.1, 0.15) is 0 Å². The highest BCUT2D eigenvalue weighted by Gasteiger charge is 2.19. The number of nitrogens with one attached hydrogen (secondary N) is 1. The summed E-state index contributed by atoms with van der Waals surface area (Å²) in [7, 11) is -3.68. The van der Waals surface area contributed by atoms with Crippen molar-refractivity contribution in [3.8, 4) is 11.5 Å². The van der Waals surface area contributed by atoms with Gasteiger partial charge in [0, 0.05) is 12.5 Å². The minimum absolute atomic E-state index is 0.154. The molecule has 1 N–H and O–H groups in total. The Morgan fingerprint density at radius 3 is 2.43 bits per heavy atom. The molecule has 0 amide bonds. The van der Waals surface area contributed by atoms with Gasteiger partial charge >= 0.3 is 0 Å². The zero-order valence-corrected chi connectivity index (χ0v) is 13.9. The smallest absolute Gasteiger partial charge is 0.262 e. The molecule has 0 fully saturated rings. The summed E-state index contributed by atoms with van der Waals surface area (Å²) in [6.45, 7) is 4.93. The van der Waals surface area contributed by atoms with Gasteiger partial charge in [-0.3, -0.25) is 4.72 Å². The van der Waals surface area contributed by atoms with Crippen LogP contribution in [0, 0.1) is 13.8 Å². The Hall–Kier alpha value is -2.21. The summed E-state index contributed by atoms with van der Waals surface area (Å²) in [6, 6.07) is 10.2. The molecule has 1 aliphatic rings. The summed E-state index contributed by atoms with van der Waals surface area (Å²) in [6.07, 6.45) is 0.775. The molecule has 2 aromatic carbocycles. The van der Waals surface area contributed by atoms with Gasteiger partial charge in [-0.2, -0.15) is 0 Å². The van der Waals surface area contributed by atoms with Crippen molar-refractivity contribution in [1.82, 2.24) is 0 Å². The van der Waals surface area contributed by atoms with Gasteiger partial charge in [-0.1, -0.05) is 17.7 Å². The van der Waals surface area contributed by atoms with E-state index in [2.05, 4.69) is 4.72 Å². The summed E-state index contributed by atoms with van der Waals surface area (Å²) in [5.41, 5.74) is 2.53. The number of benzene rings is 2. The molecular weight excluding hydrogens is 314 g/mol. The molecular formula is C17H19NO4S. The van der Waals surface area contributed by atoms with Crippen LogP contribution in [0.25, 0.3) is 0 Å². The average molecular weight is 333 g/mol. The van der Waals surface area contributed by atoms with Crippen molar-refractivity contribution in [3.63, 3.8) is 0 Å². The maximum absolute atomic E-state index is 12.6. The van der Waals surface area contributed by atoms with Gasteiger partial charge in [0.05, 0.1) is 23.8 Å². The molecule has 0 saturated carbocycles. The average Bonchev–Trinajstić information content (AvgIpc) is 2.74. The molecule has 0 aromatic heterocycles. The number of sulfonamides is 1. The van der Waals surface area contributed by atoms with Gasteiger partial charge in [-0.25, -0.2) is 8.42 Å². The van der Waals surface area contributed by atoms with Crippen LogP contribution in [-0.4, -0.2) is 21.6 Å². The first-order valence-electron chi connectivity index (χ1n) is 7.45. The Morgan fingerprint density at radius 1 is 0.957 bits per heavy atom. The molecule has 0 bridgehead atoms. The first-order chi connectivity index (χ1) is 11.0. The van der Waals surface area contributed by atoms with E-state index >= 15 is 0 Å². The number of ether oxygens (including phenoxy) is 2. The standard InChI is InChI=1S/C17H19NO4S/c1-12-4-6-15(13(2)10-12)18-23(19,20)14-5-7-16-17(11-14)22-9-3-8-21-16/h4-7,10-11,18H,3,8-9H2,1-2H3. The number of hydrogen-bond acceptors (Lipinski definition) is 4. The predicted molar refractivity (Wildman–Crippen MR) is 88.8 cm³/mol. The van der Waals surface area contributed by atoms with E-state index in [1.54, 1.807) is 12.1 Å². The fourth-order valence-electron chi connectivity index (χ4n) is 2.44. The second-order valence-corrected chi connectivity index (χ2v) is 7.27. The monoisotopic (exact) mass is 333 g/mol. The molecule has 1 heterocycles. The lowest BCUT2D eigenvalue weighted by Crippen LogP contribution is -2.14. The maximum Gasteiger partial charge on any atom is 0.262 e. The molecule has 23 heavy (non-hydrogen) atoms. The molecule has 0 saturated heterocycles. The fourth-order valence-corrected chi connectivity index (χ4v) is 3.59. The molecule has 3 rings (SSSR count). The van der Waals surface area contributed by atoms with E-state index in [9.17, 15) is 8.42 Å². The second-order valence-electron chi connectivity index (χ2n) is 5.58. The Balaban J connectivity index is 1.92. The highest BCUT2D eigenvalue weighted by atomic mass is 32.2. The molecule has 0 unspecified atom stereocenters. The van der Waals surface area contributed by atoms with E-state index in [4.69, 9.17) is 9.47 Å². The Morgan fingerprint density at radius 2 is 1.70 bits per heavy atom. The van der Waals surface area contributed by atoms with Crippen LogP contribution in [0.4, 0.5) is 5.69 Å². The van der Waals surface area contributed by atoms with Crippen molar-refractivity contribution >= 4 is 15.7 Å². The summed E-state index contributed by atoms with van der Waals surface area (Å²) < 4.78 is 38.9. The van der Waals surface area contributed by atoms with Gasteiger partial charge in [0.2, 0.25) is 0 Å². The zero-order chi connectivity index (χ0) is 16.4. The van der Waals surface area contributed by atoms with Crippen molar-refractivity contribution in [1.29, 1.82) is 0 Å². The number of hydrogen-bond donors (Lipinski definition) is 1. The molecule has 0 radical (unpaired) electrons. The van der Waals surface area contributed by atoms with Gasteiger partial charge < -0.3 is 9.47 Å². The Bertz CT molecular complexity index is 830. The van der Waals surface area contributed by atoms with Gasteiger partial charge in [-0.05, 0) is 37.6 Å². The van der Waals surface area contributed by atoms with Crippen LogP contribution >= 0.6 is 0 Å². The molecule has 0 atom stereocenters. The van der Waals surface area contributed by atoms with Crippen LogP contribution < -0.4 is 14.2 Å². The normalized spacial score (nSPS) is 14.2. The van der Waals surface area contributed by atoms with Crippen LogP contribution in [0.1, 0.15) is 17.5 Å². The van der Waals surface area contributed by atoms with Crippen molar-refractivity contribution in [3.05, 3.63) is 47.5 Å². The van der Waals surface area contributed by atoms with Crippen molar-refractivity contribution in [2.24, 2.45) is 0 Å². The lowest BCUT2D eigenvalue weighted by Gasteiger charge is -2.13. The Labute approximate surface area is 136 Å². The van der Waals surface area contributed by atoms with Gasteiger partial charge in [0.25, 0.3) is 10.0 Å². The van der Waals surface area contributed by atoms with Crippen LogP contribution in [-0.2, 0) is 10.0 Å². The summed E-state index contributed by atoms with van der Waals surface area (Å²) in [5.74, 6) is 1.04. The first kappa shape index (κ1) is 15.7. The number of aryl methyl sites for hydroxylation is 2. The largest absolute Gasteiger partial charge is 0.490 e. The summed E-state index contributed by atoms with van der Waals surface area (Å²) in [5, 5.41) is 0.